The summed E-state index contributed by atoms with van der Waals surface area (Å²) in [5.74, 6) is 1.35. The van der Waals surface area contributed by atoms with Crippen LogP contribution in [0.3, 0.4) is 0 Å². The Morgan fingerprint density at radius 2 is 1.82 bits per heavy atom. The summed E-state index contributed by atoms with van der Waals surface area (Å²) in [5, 5.41) is 35.8. The van der Waals surface area contributed by atoms with Gasteiger partial charge in [0, 0.05) is 5.02 Å². The molecule has 2 fully saturated rings. The zero-order valence-corrected chi connectivity index (χ0v) is 19.3. The first-order valence-corrected chi connectivity index (χ1v) is 11.7. The van der Waals surface area contributed by atoms with E-state index < -0.39 is 30.5 Å². The minimum Gasteiger partial charge on any atom is -0.494 e. The van der Waals surface area contributed by atoms with Gasteiger partial charge in [0.2, 0.25) is 0 Å². The van der Waals surface area contributed by atoms with Crippen molar-refractivity contribution in [3.63, 3.8) is 0 Å². The van der Waals surface area contributed by atoms with Gasteiger partial charge in [-0.3, -0.25) is 0 Å². The topological polar surface area (TPSA) is 101 Å². The molecule has 2 aromatic carbocycles. The Morgan fingerprint density at radius 3 is 2.52 bits per heavy atom. The third kappa shape index (κ3) is 6.05. The molecule has 3 N–H and O–H groups in total. The number of hydrogen-bond donors (Lipinski definition) is 3. The molecule has 0 radical (unpaired) electrons. The van der Waals surface area contributed by atoms with E-state index in [1.54, 1.807) is 12.1 Å². The minimum atomic E-state index is -1.39. The number of benzene rings is 2. The molecule has 2 aromatic rings. The smallest absolute Gasteiger partial charge is 0.125 e. The summed E-state index contributed by atoms with van der Waals surface area (Å²) in [5.41, 5.74) is 2.56. The van der Waals surface area contributed by atoms with Crippen molar-refractivity contribution in [2.75, 3.05) is 13.2 Å². The molecule has 5 atom stereocenters. The fourth-order valence-corrected chi connectivity index (χ4v) is 4.02. The fraction of sp³-hybridized carbons (Fsp3) is 0.480. The maximum Gasteiger partial charge on any atom is 0.125 e. The maximum absolute atomic E-state index is 10.6. The van der Waals surface area contributed by atoms with E-state index >= 15 is 0 Å². The fourth-order valence-electron chi connectivity index (χ4n) is 3.84. The number of aliphatic hydroxyl groups is 3. The molecule has 1 heterocycles. The second-order valence-electron chi connectivity index (χ2n) is 8.59. The largest absolute Gasteiger partial charge is 0.494 e. The summed E-state index contributed by atoms with van der Waals surface area (Å²) in [6.07, 6.45) is -1.61. The number of halogens is 1. The number of nitrogens with zero attached hydrogens (tertiary/aromatic N) is 1. The van der Waals surface area contributed by atoms with Gasteiger partial charge in [-0.05, 0) is 67.0 Å². The lowest BCUT2D eigenvalue weighted by Crippen LogP contribution is -2.54. The minimum absolute atomic E-state index is 0.528. The van der Waals surface area contributed by atoms with Crippen molar-refractivity contribution in [3.8, 4) is 5.75 Å². The van der Waals surface area contributed by atoms with Crippen LogP contribution >= 0.6 is 11.6 Å². The number of rotatable bonds is 9. The van der Waals surface area contributed by atoms with Crippen molar-refractivity contribution in [1.82, 2.24) is 0 Å². The first kappa shape index (κ1) is 24.0. The summed E-state index contributed by atoms with van der Waals surface area (Å²) < 4.78 is 11.4. The highest BCUT2D eigenvalue weighted by Gasteiger charge is 2.44. The molecule has 1 aliphatic heterocycles. The molecule has 178 valence electrons. The third-order valence-electron chi connectivity index (χ3n) is 5.97. The molecule has 0 spiro atoms. The summed E-state index contributed by atoms with van der Waals surface area (Å²) in [6, 6.07) is 13.1. The van der Waals surface area contributed by atoms with Gasteiger partial charge in [0.05, 0.1) is 12.8 Å². The highest BCUT2D eigenvalue weighted by atomic mass is 35.5. The highest BCUT2D eigenvalue weighted by molar-refractivity contribution is 6.31. The zero-order chi connectivity index (χ0) is 23.4. The summed E-state index contributed by atoms with van der Waals surface area (Å²) in [6.45, 7) is 3.07. The zero-order valence-electron chi connectivity index (χ0n) is 18.5. The van der Waals surface area contributed by atoms with Crippen molar-refractivity contribution in [3.05, 3.63) is 64.2 Å². The van der Waals surface area contributed by atoms with Crippen molar-refractivity contribution in [2.24, 2.45) is 11.1 Å². The molecule has 1 saturated carbocycles. The van der Waals surface area contributed by atoms with Crippen molar-refractivity contribution < 1.29 is 29.6 Å². The second-order valence-corrected chi connectivity index (χ2v) is 9.00. The van der Waals surface area contributed by atoms with Crippen LogP contribution in [-0.2, 0) is 16.0 Å². The molecular weight excluding hydrogens is 446 g/mol. The predicted molar refractivity (Wildman–Crippen MR) is 125 cm³/mol. The molecule has 0 aromatic heterocycles. The average molecular weight is 476 g/mol. The highest BCUT2D eigenvalue weighted by Crippen LogP contribution is 2.34. The molecule has 2 aliphatic rings. The molecular formula is C25H30ClNO6. The Kier molecular flexibility index (Phi) is 7.88. The van der Waals surface area contributed by atoms with Crippen LogP contribution in [-0.4, -0.2) is 59.2 Å². The van der Waals surface area contributed by atoms with Gasteiger partial charge in [-0.1, -0.05) is 41.0 Å². The van der Waals surface area contributed by atoms with Crippen LogP contribution in [0.15, 0.2) is 47.6 Å². The molecule has 0 bridgehead atoms. The molecule has 1 aliphatic carbocycles. The molecule has 8 heteroatoms. The maximum atomic E-state index is 10.6. The monoisotopic (exact) mass is 475 g/mol. The van der Waals surface area contributed by atoms with Crippen LogP contribution in [0.4, 0.5) is 0 Å². The van der Waals surface area contributed by atoms with Gasteiger partial charge in [-0.25, -0.2) is 0 Å². The van der Waals surface area contributed by atoms with E-state index in [0.29, 0.717) is 36.1 Å². The van der Waals surface area contributed by atoms with Gasteiger partial charge in [0.25, 0.3) is 0 Å². The Bertz CT molecular complexity index is 948. The Morgan fingerprint density at radius 1 is 1.06 bits per heavy atom. The lowest BCUT2D eigenvalue weighted by atomic mass is 9.90. The van der Waals surface area contributed by atoms with E-state index in [9.17, 15) is 15.3 Å². The van der Waals surface area contributed by atoms with Crippen LogP contribution < -0.4 is 4.74 Å². The quantitative estimate of drug-likeness (QED) is 0.380. The van der Waals surface area contributed by atoms with Gasteiger partial charge in [-0.2, -0.15) is 0 Å². The number of ether oxygens (including phenoxy) is 2. The summed E-state index contributed by atoms with van der Waals surface area (Å²) in [4.78, 5) is 5.24. The van der Waals surface area contributed by atoms with Crippen LogP contribution in [0, 0.1) is 5.92 Å². The van der Waals surface area contributed by atoms with Gasteiger partial charge in [0.1, 0.15) is 42.9 Å². The predicted octanol–water partition coefficient (Wildman–Crippen LogP) is 3.26. The first-order chi connectivity index (χ1) is 16.0. The Balaban J connectivity index is 1.48. The number of hydrogen-bond acceptors (Lipinski definition) is 7. The lowest BCUT2D eigenvalue weighted by Gasteiger charge is -2.39. The van der Waals surface area contributed by atoms with Crippen LogP contribution in [0.5, 0.6) is 5.75 Å². The SMILES string of the molecule is CCOc1ccc(Cc2cc([C@@H]3O[C@H](/C=N/OCC4CC4)[C@@H](O)[C@H](O)[C@H]3O)ccc2Cl)cc1. The number of oxime groups is 1. The Hall–Kier alpha value is -2.16. The second kappa shape index (κ2) is 10.8. The van der Waals surface area contributed by atoms with E-state index in [1.807, 2.05) is 37.3 Å². The van der Waals surface area contributed by atoms with Gasteiger partial charge in [0.15, 0.2) is 0 Å². The molecule has 7 nitrogen and oxygen atoms in total. The molecule has 33 heavy (non-hydrogen) atoms. The summed E-state index contributed by atoms with van der Waals surface area (Å²) >= 11 is 6.44. The van der Waals surface area contributed by atoms with E-state index in [4.69, 9.17) is 25.9 Å². The summed E-state index contributed by atoms with van der Waals surface area (Å²) in [7, 11) is 0. The van der Waals surface area contributed by atoms with Crippen LogP contribution in [0.2, 0.25) is 5.02 Å². The van der Waals surface area contributed by atoms with Crippen LogP contribution in [0.1, 0.15) is 42.6 Å². The van der Waals surface area contributed by atoms with Crippen molar-refractivity contribution >= 4 is 17.8 Å². The molecule has 0 amide bonds. The molecule has 4 rings (SSSR count). The number of aliphatic hydroxyl groups excluding tert-OH is 3. The van der Waals surface area contributed by atoms with Gasteiger partial charge >= 0.3 is 0 Å². The van der Waals surface area contributed by atoms with E-state index in [1.165, 1.54) is 6.21 Å². The lowest BCUT2D eigenvalue weighted by molar-refractivity contribution is -0.205. The van der Waals surface area contributed by atoms with Crippen LogP contribution in [0.25, 0.3) is 0 Å². The van der Waals surface area contributed by atoms with E-state index in [2.05, 4.69) is 5.16 Å². The third-order valence-corrected chi connectivity index (χ3v) is 6.34. The molecule has 0 unspecified atom stereocenters. The van der Waals surface area contributed by atoms with Crippen molar-refractivity contribution in [1.29, 1.82) is 0 Å². The standard InChI is InChI=1S/C25H30ClNO6/c1-2-31-19-8-5-15(6-9-19)11-18-12-17(7-10-20(18)26)25-24(30)23(29)22(28)21(33-25)13-27-32-14-16-3-4-16/h5-10,12-13,16,21-25,28-30H,2-4,11,14H2,1H3/b27-13+/t21-,22-,23+,24-,25+/m1/s1. The Labute approximate surface area is 198 Å². The van der Waals surface area contributed by atoms with E-state index in [-0.39, 0.29) is 0 Å². The molecule has 1 saturated heterocycles. The van der Waals surface area contributed by atoms with Gasteiger partial charge < -0.3 is 29.6 Å². The van der Waals surface area contributed by atoms with Gasteiger partial charge in [-0.15, -0.1) is 0 Å². The van der Waals surface area contributed by atoms with Crippen molar-refractivity contribution in [2.45, 2.75) is 56.7 Å². The first-order valence-electron chi connectivity index (χ1n) is 11.3. The average Bonchev–Trinajstić information content (AvgIpc) is 3.64. The van der Waals surface area contributed by atoms with E-state index in [0.717, 1.165) is 29.7 Å². The normalized spacial score (nSPS) is 27.6.